The van der Waals surface area contributed by atoms with Gasteiger partial charge >= 0.3 is 6.03 Å². The third kappa shape index (κ3) is 7.34. The van der Waals surface area contributed by atoms with Gasteiger partial charge in [-0.25, -0.2) is 4.79 Å². The Balaban J connectivity index is 2.25. The van der Waals surface area contributed by atoms with Crippen LogP contribution in [0.25, 0.3) is 0 Å². The first-order chi connectivity index (χ1) is 9.99. The lowest BCUT2D eigenvalue weighted by atomic mass is 10.0. The highest BCUT2D eigenvalue weighted by Crippen LogP contribution is 2.04. The average Bonchev–Trinajstić information content (AvgIpc) is 2.43. The normalized spacial score (nSPS) is 12.0. The van der Waals surface area contributed by atoms with Crippen molar-refractivity contribution < 1.29 is 14.7 Å². The van der Waals surface area contributed by atoms with Crippen LogP contribution in [-0.4, -0.2) is 24.6 Å². The molecule has 2 amide bonds. The first kappa shape index (κ1) is 17.0. The molecule has 0 aromatic heterocycles. The fourth-order valence-corrected chi connectivity index (χ4v) is 2.03. The number of hydrogen-bond acceptors (Lipinski definition) is 3. The zero-order chi connectivity index (χ0) is 15.7. The Hall–Kier alpha value is -2.04. The van der Waals surface area contributed by atoms with E-state index in [1.54, 1.807) is 0 Å². The maximum absolute atomic E-state index is 11.6. The minimum atomic E-state index is -1.25. The maximum atomic E-state index is 11.6. The molecule has 21 heavy (non-hydrogen) atoms. The molecule has 1 rings (SSSR count). The first-order valence-corrected chi connectivity index (χ1v) is 7.28. The molecule has 5 heteroatoms. The Morgan fingerprint density at radius 2 is 1.86 bits per heavy atom. The lowest BCUT2D eigenvalue weighted by Gasteiger charge is -2.21. The van der Waals surface area contributed by atoms with Crippen molar-refractivity contribution in [3.8, 4) is 0 Å². The molecule has 0 bridgehead atoms. The molecule has 1 aromatic carbocycles. The van der Waals surface area contributed by atoms with E-state index < -0.39 is 18.0 Å². The Morgan fingerprint density at radius 3 is 2.43 bits per heavy atom. The first-order valence-electron chi connectivity index (χ1n) is 7.28. The second-order valence-electron chi connectivity index (χ2n) is 5.49. The van der Waals surface area contributed by atoms with Gasteiger partial charge in [-0.2, -0.15) is 0 Å². The lowest BCUT2D eigenvalue weighted by Crippen LogP contribution is -2.51. The molecular weight excluding hydrogens is 268 g/mol. The highest BCUT2D eigenvalue weighted by Gasteiger charge is 2.14. The fourth-order valence-electron chi connectivity index (χ4n) is 2.03. The van der Waals surface area contributed by atoms with Crippen LogP contribution in [-0.2, 0) is 11.2 Å². The Kier molecular flexibility index (Phi) is 7.29. The topological polar surface area (TPSA) is 81.3 Å². The van der Waals surface area contributed by atoms with E-state index in [1.807, 2.05) is 44.2 Å². The van der Waals surface area contributed by atoms with Crippen LogP contribution in [0.15, 0.2) is 30.3 Å². The van der Waals surface area contributed by atoms with Crippen molar-refractivity contribution in [2.24, 2.45) is 5.92 Å². The molecule has 0 radical (unpaired) electrons. The van der Waals surface area contributed by atoms with Gasteiger partial charge in [-0.15, -0.1) is 0 Å². The minimum Gasteiger partial charge on any atom is -0.548 e. The number of hydrogen-bond donors (Lipinski definition) is 2. The van der Waals surface area contributed by atoms with Gasteiger partial charge in [0.25, 0.3) is 0 Å². The van der Waals surface area contributed by atoms with Crippen LogP contribution in [0.2, 0.25) is 0 Å². The molecular formula is C16H23N2O3-. The summed E-state index contributed by atoms with van der Waals surface area (Å²) in [6.45, 7) is 4.30. The van der Waals surface area contributed by atoms with Crippen molar-refractivity contribution in [2.75, 3.05) is 6.54 Å². The molecule has 5 nitrogen and oxygen atoms in total. The summed E-state index contributed by atoms with van der Waals surface area (Å²) < 4.78 is 0. The summed E-state index contributed by atoms with van der Waals surface area (Å²) in [5.41, 5.74) is 1.21. The number of carbonyl (C=O) groups excluding carboxylic acids is 2. The molecule has 0 fully saturated rings. The number of nitrogens with one attached hydrogen (secondary N) is 2. The largest absolute Gasteiger partial charge is 0.548 e. The molecule has 0 aliphatic heterocycles. The molecule has 0 unspecified atom stereocenters. The number of amides is 2. The molecule has 0 saturated heterocycles. The van der Waals surface area contributed by atoms with Gasteiger partial charge in [0.2, 0.25) is 0 Å². The van der Waals surface area contributed by atoms with Gasteiger partial charge in [-0.1, -0.05) is 44.2 Å². The van der Waals surface area contributed by atoms with Gasteiger partial charge in [0, 0.05) is 6.54 Å². The Morgan fingerprint density at radius 1 is 1.19 bits per heavy atom. The predicted octanol–water partition coefficient (Wildman–Crippen LogP) is 1.08. The summed E-state index contributed by atoms with van der Waals surface area (Å²) >= 11 is 0. The molecule has 0 spiro atoms. The van der Waals surface area contributed by atoms with Crippen LogP contribution in [0, 0.1) is 5.92 Å². The van der Waals surface area contributed by atoms with E-state index in [1.165, 1.54) is 5.56 Å². The molecule has 0 aliphatic carbocycles. The zero-order valence-electron chi connectivity index (χ0n) is 12.6. The summed E-state index contributed by atoms with van der Waals surface area (Å²) in [4.78, 5) is 22.6. The van der Waals surface area contributed by atoms with Crippen LogP contribution >= 0.6 is 0 Å². The van der Waals surface area contributed by atoms with E-state index in [9.17, 15) is 14.7 Å². The van der Waals surface area contributed by atoms with Gasteiger partial charge in [0.05, 0.1) is 12.0 Å². The number of benzene rings is 1. The number of carbonyl (C=O) groups is 2. The second kappa shape index (κ2) is 9.00. The summed E-state index contributed by atoms with van der Waals surface area (Å²) in [6, 6.07) is 8.59. The van der Waals surface area contributed by atoms with Crippen molar-refractivity contribution in [1.29, 1.82) is 0 Å². The van der Waals surface area contributed by atoms with Crippen molar-refractivity contribution in [3.05, 3.63) is 35.9 Å². The number of urea groups is 1. The smallest absolute Gasteiger partial charge is 0.315 e. The number of rotatable bonds is 8. The molecule has 1 atom stereocenters. The number of aryl methyl sites for hydroxylation is 1. The third-order valence-electron chi connectivity index (χ3n) is 3.07. The number of carboxylic acids is 1. The van der Waals surface area contributed by atoms with E-state index in [4.69, 9.17) is 0 Å². The van der Waals surface area contributed by atoms with Gasteiger partial charge in [0.1, 0.15) is 0 Å². The van der Waals surface area contributed by atoms with Crippen LogP contribution < -0.4 is 15.7 Å². The number of carboxylic acid groups (broad SMARTS) is 1. The summed E-state index contributed by atoms with van der Waals surface area (Å²) in [6.07, 6.45) is 2.04. The summed E-state index contributed by atoms with van der Waals surface area (Å²) in [7, 11) is 0. The van der Waals surface area contributed by atoms with Gasteiger partial charge in [-0.05, 0) is 30.7 Å². The summed E-state index contributed by atoms with van der Waals surface area (Å²) in [5.74, 6) is -1.07. The number of aliphatic carboxylic acids is 1. The molecule has 2 N–H and O–H groups in total. The van der Waals surface area contributed by atoms with Crippen molar-refractivity contribution in [3.63, 3.8) is 0 Å². The molecule has 0 heterocycles. The van der Waals surface area contributed by atoms with Crippen molar-refractivity contribution in [2.45, 2.75) is 39.2 Å². The maximum Gasteiger partial charge on any atom is 0.315 e. The van der Waals surface area contributed by atoms with Crippen LogP contribution in [0.5, 0.6) is 0 Å². The zero-order valence-corrected chi connectivity index (χ0v) is 12.6. The quantitative estimate of drug-likeness (QED) is 0.703. The van der Waals surface area contributed by atoms with Crippen LogP contribution in [0.3, 0.4) is 0 Å². The fraction of sp³-hybridized carbons (Fsp3) is 0.500. The van der Waals surface area contributed by atoms with Gasteiger partial charge in [0.15, 0.2) is 0 Å². The summed E-state index contributed by atoms with van der Waals surface area (Å²) in [5, 5.41) is 16.0. The van der Waals surface area contributed by atoms with Crippen molar-refractivity contribution in [1.82, 2.24) is 10.6 Å². The molecule has 116 valence electrons. The molecule has 0 saturated carbocycles. The Labute approximate surface area is 125 Å². The lowest BCUT2D eigenvalue weighted by molar-refractivity contribution is -0.308. The van der Waals surface area contributed by atoms with Gasteiger partial charge < -0.3 is 20.5 Å². The van der Waals surface area contributed by atoms with E-state index in [0.29, 0.717) is 13.0 Å². The van der Waals surface area contributed by atoms with Crippen LogP contribution in [0.1, 0.15) is 32.3 Å². The van der Waals surface area contributed by atoms with Crippen LogP contribution in [0.4, 0.5) is 4.79 Å². The Bertz CT molecular complexity index is 446. The molecule has 1 aromatic rings. The van der Waals surface area contributed by atoms with E-state index in [-0.39, 0.29) is 5.92 Å². The van der Waals surface area contributed by atoms with Crippen molar-refractivity contribution >= 4 is 12.0 Å². The standard InChI is InChI=1S/C16H24N2O3/c1-12(2)11-14(15(19)20)18-16(21)17-10-6-9-13-7-4-3-5-8-13/h3-5,7-8,12,14H,6,9-11H2,1-2H3,(H,19,20)(H2,17,18,21)/p-1/t14-/m0/s1. The SMILES string of the molecule is CC(C)C[C@H](NC(=O)NCCCc1ccccc1)C(=O)[O-]. The van der Waals surface area contributed by atoms with Gasteiger partial charge in [-0.3, -0.25) is 0 Å². The minimum absolute atomic E-state index is 0.172. The average molecular weight is 291 g/mol. The monoisotopic (exact) mass is 291 g/mol. The van der Waals surface area contributed by atoms with E-state index >= 15 is 0 Å². The highest BCUT2D eigenvalue weighted by molar-refractivity contribution is 5.81. The van der Waals surface area contributed by atoms with E-state index in [2.05, 4.69) is 10.6 Å². The highest BCUT2D eigenvalue weighted by atomic mass is 16.4. The third-order valence-corrected chi connectivity index (χ3v) is 3.07. The van der Waals surface area contributed by atoms with E-state index in [0.717, 1.165) is 12.8 Å². The second-order valence-corrected chi connectivity index (χ2v) is 5.49. The molecule has 0 aliphatic rings. The predicted molar refractivity (Wildman–Crippen MR) is 79.5 cm³/mol.